The van der Waals surface area contributed by atoms with Crippen LogP contribution in [0.15, 0.2) is 79.0 Å². The van der Waals surface area contributed by atoms with Crippen LogP contribution in [-0.2, 0) is 20.1 Å². The van der Waals surface area contributed by atoms with Gasteiger partial charge in [0.1, 0.15) is 5.82 Å². The van der Waals surface area contributed by atoms with Crippen LogP contribution < -0.4 is 4.90 Å². The topological polar surface area (TPSA) is 61.7 Å². The molecule has 1 aromatic heterocycles. The Morgan fingerprint density at radius 3 is 2.24 bits per heavy atom. The van der Waals surface area contributed by atoms with Gasteiger partial charge in [-0.05, 0) is 67.6 Å². The van der Waals surface area contributed by atoms with Crippen LogP contribution in [0.2, 0.25) is 0 Å². The third-order valence-corrected chi connectivity index (χ3v) is 7.83. The molecule has 4 aromatic rings. The highest BCUT2D eigenvalue weighted by Gasteiger charge is 2.27. The van der Waals surface area contributed by atoms with Crippen molar-refractivity contribution in [2.24, 2.45) is 7.05 Å². The van der Waals surface area contributed by atoms with E-state index in [9.17, 15) is 14.0 Å². The molecule has 1 aliphatic heterocycles. The minimum absolute atomic E-state index is 0.0730. The molecule has 3 aromatic carbocycles. The van der Waals surface area contributed by atoms with Crippen LogP contribution in [0, 0.1) is 19.7 Å². The summed E-state index contributed by atoms with van der Waals surface area (Å²) < 4.78 is 15.4. The number of benzene rings is 3. The predicted molar refractivity (Wildman–Crippen MR) is 163 cm³/mol. The summed E-state index contributed by atoms with van der Waals surface area (Å²) in [7, 11) is 1.82. The number of rotatable bonds is 4. The lowest BCUT2D eigenvalue weighted by atomic mass is 10.0. The molecule has 0 unspecified atom stereocenters. The summed E-state index contributed by atoms with van der Waals surface area (Å²) in [6.07, 6.45) is 3.36. The van der Waals surface area contributed by atoms with E-state index in [4.69, 9.17) is 0 Å². The molecule has 0 saturated carbocycles. The van der Waals surface area contributed by atoms with Crippen LogP contribution in [0.25, 0.3) is 0 Å². The summed E-state index contributed by atoms with van der Waals surface area (Å²) in [5, 5.41) is 4.40. The van der Waals surface area contributed by atoms with Crippen molar-refractivity contribution < 1.29 is 14.0 Å². The molecule has 218 valence electrons. The lowest BCUT2D eigenvalue weighted by Crippen LogP contribution is -2.39. The van der Waals surface area contributed by atoms with Crippen molar-refractivity contribution in [1.82, 2.24) is 19.6 Å². The van der Waals surface area contributed by atoms with E-state index in [1.807, 2.05) is 67.1 Å². The first-order valence-corrected chi connectivity index (χ1v) is 14.5. The standard InChI is InChI=1S/C34H38FN5O2/c1-25-10-7-13-29-23-39(34(42)31-24-37(3)36-26(31)2)20-8-18-38(22-27-11-5-4-6-12-27)19-9-21-40(32(25)29)33(41)28-14-16-30(35)17-15-28/h4-7,10-17,24H,8-9,18-23H2,1-3H3. The molecule has 8 heteroatoms. The van der Waals surface area contributed by atoms with E-state index in [2.05, 4.69) is 22.1 Å². The molecular formula is C34H38FN5O2. The number of carbonyl (C=O) groups is 2. The Labute approximate surface area is 247 Å². The van der Waals surface area contributed by atoms with Gasteiger partial charge in [0.25, 0.3) is 11.8 Å². The molecule has 0 aliphatic carbocycles. The molecule has 0 N–H and O–H groups in total. The van der Waals surface area contributed by atoms with Gasteiger partial charge in [-0.2, -0.15) is 5.10 Å². The van der Waals surface area contributed by atoms with Gasteiger partial charge in [0.05, 0.1) is 16.9 Å². The fourth-order valence-electron chi connectivity index (χ4n) is 5.78. The Morgan fingerprint density at radius 2 is 1.55 bits per heavy atom. The first-order valence-electron chi connectivity index (χ1n) is 14.5. The highest BCUT2D eigenvalue weighted by Crippen LogP contribution is 2.30. The first-order chi connectivity index (χ1) is 20.3. The van der Waals surface area contributed by atoms with Crippen LogP contribution in [0.4, 0.5) is 10.1 Å². The maximum Gasteiger partial charge on any atom is 0.258 e. The van der Waals surface area contributed by atoms with Crippen LogP contribution in [0.3, 0.4) is 0 Å². The fourth-order valence-corrected chi connectivity index (χ4v) is 5.78. The smallest absolute Gasteiger partial charge is 0.258 e. The third kappa shape index (κ3) is 6.77. The zero-order chi connectivity index (χ0) is 29.6. The lowest BCUT2D eigenvalue weighted by molar-refractivity contribution is 0.0733. The van der Waals surface area contributed by atoms with Crippen molar-refractivity contribution in [3.63, 3.8) is 0 Å². The molecule has 0 bridgehead atoms. The number of amides is 2. The third-order valence-electron chi connectivity index (χ3n) is 7.83. The molecular weight excluding hydrogens is 529 g/mol. The fraction of sp³-hybridized carbons (Fsp3) is 0.324. The van der Waals surface area contributed by atoms with Gasteiger partial charge >= 0.3 is 0 Å². The van der Waals surface area contributed by atoms with Crippen molar-refractivity contribution in [2.75, 3.05) is 31.1 Å². The molecule has 2 heterocycles. The van der Waals surface area contributed by atoms with Gasteiger partial charge in [0.2, 0.25) is 0 Å². The second-order valence-corrected chi connectivity index (χ2v) is 11.0. The second-order valence-electron chi connectivity index (χ2n) is 11.0. The average Bonchev–Trinajstić information content (AvgIpc) is 3.32. The van der Waals surface area contributed by atoms with Gasteiger partial charge < -0.3 is 9.80 Å². The van der Waals surface area contributed by atoms with Crippen LogP contribution >= 0.6 is 0 Å². The van der Waals surface area contributed by atoms with E-state index in [0.29, 0.717) is 36.5 Å². The number of hydrogen-bond donors (Lipinski definition) is 0. The summed E-state index contributed by atoms with van der Waals surface area (Å²) >= 11 is 0. The van der Waals surface area contributed by atoms with Crippen molar-refractivity contribution in [3.8, 4) is 0 Å². The summed E-state index contributed by atoms with van der Waals surface area (Å²) in [5.74, 6) is -0.637. The summed E-state index contributed by atoms with van der Waals surface area (Å²) in [6, 6.07) is 22.0. The summed E-state index contributed by atoms with van der Waals surface area (Å²) in [4.78, 5) is 34.0. The number of para-hydroxylation sites is 1. The van der Waals surface area contributed by atoms with E-state index in [-0.39, 0.29) is 17.6 Å². The number of aromatic nitrogens is 2. The highest BCUT2D eigenvalue weighted by molar-refractivity contribution is 6.07. The number of nitrogens with zero attached hydrogens (tertiary/aromatic N) is 5. The molecule has 0 fully saturated rings. The summed E-state index contributed by atoms with van der Waals surface area (Å²) in [6.45, 7) is 7.67. The Hall–Kier alpha value is -4.30. The Bertz CT molecular complexity index is 1530. The zero-order valence-corrected chi connectivity index (χ0v) is 24.6. The minimum atomic E-state index is -0.381. The van der Waals surface area contributed by atoms with Gasteiger partial charge in [0.15, 0.2) is 0 Å². The highest BCUT2D eigenvalue weighted by atomic mass is 19.1. The van der Waals surface area contributed by atoms with Crippen LogP contribution in [0.1, 0.15) is 55.9 Å². The van der Waals surface area contributed by atoms with E-state index >= 15 is 0 Å². The first kappa shape index (κ1) is 29.2. The number of fused-ring (bicyclic) bond motifs is 1. The number of halogens is 1. The number of carbonyl (C=O) groups excluding carboxylic acids is 2. The van der Waals surface area contributed by atoms with Crippen molar-refractivity contribution >= 4 is 17.5 Å². The van der Waals surface area contributed by atoms with Crippen molar-refractivity contribution in [1.29, 1.82) is 0 Å². The lowest BCUT2D eigenvalue weighted by Gasteiger charge is -2.32. The van der Waals surface area contributed by atoms with Gasteiger partial charge in [-0.3, -0.25) is 19.2 Å². The van der Waals surface area contributed by atoms with Crippen LogP contribution in [-0.4, -0.2) is 57.6 Å². The molecule has 1 aliphatic rings. The molecule has 5 rings (SSSR count). The Kier molecular flexibility index (Phi) is 9.12. The van der Waals surface area contributed by atoms with E-state index in [0.717, 1.165) is 49.3 Å². The predicted octanol–water partition coefficient (Wildman–Crippen LogP) is 5.76. The molecule has 7 nitrogen and oxygen atoms in total. The quantitative estimate of drug-likeness (QED) is 0.315. The molecule has 42 heavy (non-hydrogen) atoms. The zero-order valence-electron chi connectivity index (χ0n) is 24.6. The number of anilines is 1. The molecule has 0 atom stereocenters. The second kappa shape index (κ2) is 13.1. The van der Waals surface area contributed by atoms with Gasteiger partial charge in [-0.25, -0.2) is 4.39 Å². The average molecular weight is 568 g/mol. The number of hydrogen-bond acceptors (Lipinski definition) is 4. The number of aryl methyl sites for hydroxylation is 3. The summed E-state index contributed by atoms with van der Waals surface area (Å²) in [5.41, 5.74) is 5.59. The molecule has 0 saturated heterocycles. The Balaban J connectivity index is 1.53. The Morgan fingerprint density at radius 1 is 0.833 bits per heavy atom. The SMILES string of the molecule is Cc1cccc2c1N(C(=O)c1ccc(F)cc1)CCCN(Cc1ccccc1)CCCN(C(=O)c1cn(C)nc1C)C2. The van der Waals surface area contributed by atoms with Crippen LogP contribution in [0.5, 0.6) is 0 Å². The monoisotopic (exact) mass is 567 g/mol. The van der Waals surface area contributed by atoms with E-state index in [1.54, 1.807) is 10.9 Å². The molecule has 0 radical (unpaired) electrons. The van der Waals surface area contributed by atoms with Gasteiger partial charge in [-0.15, -0.1) is 0 Å². The van der Waals surface area contributed by atoms with Gasteiger partial charge in [0, 0.05) is 58.1 Å². The van der Waals surface area contributed by atoms with E-state index in [1.165, 1.54) is 29.8 Å². The maximum atomic E-state index is 14.0. The maximum absolute atomic E-state index is 14.0. The molecule has 0 spiro atoms. The van der Waals surface area contributed by atoms with Gasteiger partial charge in [-0.1, -0.05) is 48.5 Å². The van der Waals surface area contributed by atoms with E-state index < -0.39 is 0 Å². The minimum Gasteiger partial charge on any atom is -0.334 e. The van der Waals surface area contributed by atoms with Crippen molar-refractivity contribution in [2.45, 2.75) is 39.8 Å². The van der Waals surface area contributed by atoms with Crippen molar-refractivity contribution in [3.05, 3.63) is 118 Å². The molecule has 2 amide bonds. The largest absolute Gasteiger partial charge is 0.334 e. The normalized spacial score (nSPS) is 15.0.